The Morgan fingerprint density at radius 2 is 1.81 bits per heavy atom. The normalized spacial score (nSPS) is 22.3. The lowest BCUT2D eigenvalue weighted by atomic mass is 9.89. The van der Waals surface area contributed by atoms with Gasteiger partial charge >= 0.3 is 0 Å². The van der Waals surface area contributed by atoms with E-state index in [4.69, 9.17) is 4.74 Å². The highest BCUT2D eigenvalue weighted by Gasteiger charge is 2.31. The number of ether oxygens (including phenoxy) is 1. The quantitative estimate of drug-likeness (QED) is 0.900. The Kier molecular flexibility index (Phi) is 5.15. The molecule has 21 heavy (non-hydrogen) atoms. The molecule has 1 aliphatic carbocycles. The molecule has 3 heteroatoms. The monoisotopic (exact) mass is 288 g/mol. The Labute approximate surface area is 128 Å². The summed E-state index contributed by atoms with van der Waals surface area (Å²) in [6, 6.07) is 9.46. The fourth-order valence-corrected chi connectivity index (χ4v) is 3.94. The summed E-state index contributed by atoms with van der Waals surface area (Å²) in [6.45, 7) is 7.38. The van der Waals surface area contributed by atoms with Crippen molar-refractivity contribution in [1.82, 2.24) is 10.2 Å². The largest absolute Gasteiger partial charge is 0.494 e. The maximum Gasteiger partial charge on any atom is 0.119 e. The van der Waals surface area contributed by atoms with Crippen LogP contribution in [0.5, 0.6) is 5.75 Å². The molecule has 2 aliphatic rings. The van der Waals surface area contributed by atoms with Crippen molar-refractivity contribution in [2.45, 2.75) is 38.6 Å². The van der Waals surface area contributed by atoms with Gasteiger partial charge in [-0.25, -0.2) is 0 Å². The van der Waals surface area contributed by atoms with Crippen LogP contribution in [0, 0.1) is 5.92 Å². The van der Waals surface area contributed by atoms with E-state index >= 15 is 0 Å². The van der Waals surface area contributed by atoms with Crippen molar-refractivity contribution in [3.8, 4) is 5.75 Å². The molecule has 0 spiro atoms. The minimum atomic E-state index is 0.602. The lowest BCUT2D eigenvalue weighted by Crippen LogP contribution is -2.46. The SMILES string of the molecule is CCOc1ccc([C@H](C2CCCC2)N2CCNCC2)cc1. The lowest BCUT2D eigenvalue weighted by Gasteiger charge is -2.38. The van der Waals surface area contributed by atoms with E-state index in [9.17, 15) is 0 Å². The van der Waals surface area contributed by atoms with E-state index in [1.807, 2.05) is 6.92 Å². The topological polar surface area (TPSA) is 24.5 Å². The summed E-state index contributed by atoms with van der Waals surface area (Å²) in [6.07, 6.45) is 5.60. The van der Waals surface area contributed by atoms with Crippen molar-refractivity contribution in [1.29, 1.82) is 0 Å². The summed E-state index contributed by atoms with van der Waals surface area (Å²) >= 11 is 0. The molecule has 116 valence electrons. The zero-order chi connectivity index (χ0) is 14.5. The van der Waals surface area contributed by atoms with Gasteiger partial charge in [0.1, 0.15) is 5.75 Å². The van der Waals surface area contributed by atoms with Crippen molar-refractivity contribution in [3.63, 3.8) is 0 Å². The molecule has 0 radical (unpaired) electrons. The molecule has 1 N–H and O–H groups in total. The van der Waals surface area contributed by atoms with Crippen LogP contribution in [0.4, 0.5) is 0 Å². The molecule has 1 aromatic carbocycles. The molecule has 0 amide bonds. The predicted octanol–water partition coefficient (Wildman–Crippen LogP) is 3.22. The van der Waals surface area contributed by atoms with Crippen molar-refractivity contribution in [2.75, 3.05) is 32.8 Å². The zero-order valence-corrected chi connectivity index (χ0v) is 13.2. The molecule has 2 fully saturated rings. The van der Waals surface area contributed by atoms with E-state index in [2.05, 4.69) is 34.5 Å². The van der Waals surface area contributed by atoms with Gasteiger partial charge in [0.15, 0.2) is 0 Å². The van der Waals surface area contributed by atoms with Gasteiger partial charge in [-0.2, -0.15) is 0 Å². The third-order valence-corrected chi connectivity index (χ3v) is 4.92. The highest BCUT2D eigenvalue weighted by atomic mass is 16.5. The molecule has 3 rings (SSSR count). The van der Waals surface area contributed by atoms with Crippen LogP contribution < -0.4 is 10.1 Å². The van der Waals surface area contributed by atoms with Crippen LogP contribution in [0.25, 0.3) is 0 Å². The van der Waals surface area contributed by atoms with Gasteiger partial charge in [0.2, 0.25) is 0 Å². The molecule has 1 aliphatic heterocycles. The van der Waals surface area contributed by atoms with Crippen LogP contribution in [0.3, 0.4) is 0 Å². The number of hydrogen-bond donors (Lipinski definition) is 1. The first-order valence-electron chi connectivity index (χ1n) is 8.56. The van der Waals surface area contributed by atoms with E-state index < -0.39 is 0 Å². The van der Waals surface area contributed by atoms with E-state index in [0.29, 0.717) is 6.04 Å². The number of nitrogens with zero attached hydrogens (tertiary/aromatic N) is 1. The number of hydrogen-bond acceptors (Lipinski definition) is 3. The van der Waals surface area contributed by atoms with Crippen LogP contribution >= 0.6 is 0 Å². The highest BCUT2D eigenvalue weighted by Crippen LogP contribution is 2.40. The van der Waals surface area contributed by atoms with Gasteiger partial charge in [0, 0.05) is 32.2 Å². The fraction of sp³-hybridized carbons (Fsp3) is 0.667. The second kappa shape index (κ2) is 7.28. The van der Waals surface area contributed by atoms with Crippen LogP contribution in [-0.2, 0) is 0 Å². The first-order valence-corrected chi connectivity index (χ1v) is 8.56. The van der Waals surface area contributed by atoms with E-state index in [1.54, 1.807) is 0 Å². The van der Waals surface area contributed by atoms with Crippen LogP contribution in [0.15, 0.2) is 24.3 Å². The highest BCUT2D eigenvalue weighted by molar-refractivity contribution is 5.30. The second-order valence-corrected chi connectivity index (χ2v) is 6.28. The summed E-state index contributed by atoms with van der Waals surface area (Å²) < 4.78 is 5.59. The second-order valence-electron chi connectivity index (χ2n) is 6.28. The molecular weight excluding hydrogens is 260 g/mol. The molecule has 1 atom stereocenters. The standard InChI is InChI=1S/C18H28N2O/c1-2-21-17-9-7-16(8-10-17)18(15-5-3-4-6-15)20-13-11-19-12-14-20/h7-10,15,18-19H,2-6,11-14H2,1H3/t18-/m0/s1. The van der Waals surface area contributed by atoms with E-state index in [1.165, 1.54) is 44.3 Å². The molecule has 3 nitrogen and oxygen atoms in total. The summed E-state index contributed by atoms with van der Waals surface area (Å²) in [5, 5.41) is 3.48. The van der Waals surface area contributed by atoms with Gasteiger partial charge in [0.05, 0.1) is 6.61 Å². The van der Waals surface area contributed by atoms with Crippen LogP contribution in [0.2, 0.25) is 0 Å². The number of piperazine rings is 1. The van der Waals surface area contributed by atoms with Gasteiger partial charge in [-0.15, -0.1) is 0 Å². The molecule has 0 aromatic heterocycles. The molecule has 1 saturated heterocycles. The van der Waals surface area contributed by atoms with Crippen molar-refractivity contribution < 1.29 is 4.74 Å². The van der Waals surface area contributed by atoms with Crippen molar-refractivity contribution in [3.05, 3.63) is 29.8 Å². The molecule has 0 unspecified atom stereocenters. The Morgan fingerprint density at radius 3 is 2.43 bits per heavy atom. The van der Waals surface area contributed by atoms with Gasteiger partial charge < -0.3 is 10.1 Å². The number of rotatable bonds is 5. The van der Waals surface area contributed by atoms with E-state index in [0.717, 1.165) is 31.4 Å². The first-order chi connectivity index (χ1) is 10.4. The summed E-state index contributed by atoms with van der Waals surface area (Å²) in [7, 11) is 0. The van der Waals surface area contributed by atoms with Crippen LogP contribution in [-0.4, -0.2) is 37.7 Å². The van der Waals surface area contributed by atoms with Gasteiger partial charge in [-0.1, -0.05) is 25.0 Å². The van der Waals surface area contributed by atoms with Crippen molar-refractivity contribution >= 4 is 0 Å². The first kappa shape index (κ1) is 14.9. The predicted molar refractivity (Wildman–Crippen MR) is 86.8 cm³/mol. The van der Waals surface area contributed by atoms with E-state index in [-0.39, 0.29) is 0 Å². The summed E-state index contributed by atoms with van der Waals surface area (Å²) in [5.41, 5.74) is 1.48. The summed E-state index contributed by atoms with van der Waals surface area (Å²) in [4.78, 5) is 2.70. The number of benzene rings is 1. The Balaban J connectivity index is 1.79. The average molecular weight is 288 g/mol. The molecule has 1 saturated carbocycles. The Hall–Kier alpha value is -1.06. The fourth-order valence-electron chi connectivity index (χ4n) is 3.94. The molecule has 1 aromatic rings. The van der Waals surface area contributed by atoms with Gasteiger partial charge in [-0.3, -0.25) is 4.90 Å². The van der Waals surface area contributed by atoms with Gasteiger partial charge in [0.25, 0.3) is 0 Å². The minimum Gasteiger partial charge on any atom is -0.494 e. The zero-order valence-electron chi connectivity index (χ0n) is 13.2. The molecule has 0 bridgehead atoms. The van der Waals surface area contributed by atoms with Crippen LogP contribution in [0.1, 0.15) is 44.2 Å². The number of nitrogens with one attached hydrogen (secondary N) is 1. The smallest absolute Gasteiger partial charge is 0.119 e. The molecule has 1 heterocycles. The third kappa shape index (κ3) is 3.58. The maximum absolute atomic E-state index is 5.59. The molecular formula is C18H28N2O. The van der Waals surface area contributed by atoms with Gasteiger partial charge in [-0.05, 0) is 43.4 Å². The minimum absolute atomic E-state index is 0.602. The Morgan fingerprint density at radius 1 is 1.14 bits per heavy atom. The van der Waals surface area contributed by atoms with Crippen molar-refractivity contribution in [2.24, 2.45) is 5.92 Å². The third-order valence-electron chi connectivity index (χ3n) is 4.92. The average Bonchev–Trinajstić information content (AvgIpc) is 3.05. The summed E-state index contributed by atoms with van der Waals surface area (Å²) in [5.74, 6) is 1.83. The Bertz CT molecular complexity index is 419. The lowest BCUT2D eigenvalue weighted by molar-refractivity contribution is 0.125. The maximum atomic E-state index is 5.59.